The highest BCUT2D eigenvalue weighted by atomic mass is 35.5. The molecule has 0 saturated heterocycles. The van der Waals surface area contributed by atoms with Crippen LogP contribution in [0.3, 0.4) is 0 Å². The van der Waals surface area contributed by atoms with Gasteiger partial charge in [0.15, 0.2) is 0 Å². The van der Waals surface area contributed by atoms with Crippen LogP contribution >= 0.6 is 11.6 Å². The van der Waals surface area contributed by atoms with Crippen molar-refractivity contribution in [2.45, 2.75) is 19.4 Å². The summed E-state index contributed by atoms with van der Waals surface area (Å²) in [6.07, 6.45) is 0.833. The number of nitrogens with zero attached hydrogens (tertiary/aromatic N) is 1. The number of nitro benzene ring substituents is 1. The van der Waals surface area contributed by atoms with E-state index in [1.54, 1.807) is 12.1 Å². The first-order valence-electron chi connectivity index (χ1n) is 6.48. The van der Waals surface area contributed by atoms with Crippen molar-refractivity contribution in [3.05, 3.63) is 63.2 Å². The quantitative estimate of drug-likeness (QED) is 0.654. The van der Waals surface area contributed by atoms with Crippen LogP contribution in [0.5, 0.6) is 11.5 Å². The lowest BCUT2D eigenvalue weighted by Gasteiger charge is -2.11. The van der Waals surface area contributed by atoms with Crippen LogP contribution in [0.15, 0.2) is 42.5 Å². The molecule has 2 aromatic carbocycles. The van der Waals surface area contributed by atoms with Gasteiger partial charge in [0.1, 0.15) is 5.75 Å². The molecule has 0 saturated carbocycles. The molecule has 0 fully saturated rings. The van der Waals surface area contributed by atoms with Gasteiger partial charge < -0.3 is 10.5 Å². The molecule has 1 atom stereocenters. The maximum atomic E-state index is 11.0. The van der Waals surface area contributed by atoms with E-state index >= 15 is 0 Å². The lowest BCUT2D eigenvalue weighted by atomic mass is 10.1. The van der Waals surface area contributed by atoms with Crippen LogP contribution in [0, 0.1) is 10.1 Å². The predicted octanol–water partition coefficient (Wildman–Crippen LogP) is 4.45. The van der Waals surface area contributed by atoms with E-state index in [-0.39, 0.29) is 17.5 Å². The van der Waals surface area contributed by atoms with Crippen molar-refractivity contribution in [3.63, 3.8) is 0 Å². The molecule has 0 radical (unpaired) electrons. The summed E-state index contributed by atoms with van der Waals surface area (Å²) in [4.78, 5) is 10.5. The molecule has 0 heterocycles. The SMILES string of the molecule is CC[C@H](N)c1ccc(Oc2cc(Cl)ccc2[N+](=O)[O-])cc1. The smallest absolute Gasteiger partial charge is 0.311 e. The van der Waals surface area contributed by atoms with Gasteiger partial charge in [-0.15, -0.1) is 0 Å². The first kappa shape index (κ1) is 15.3. The third-order valence-electron chi connectivity index (χ3n) is 3.09. The summed E-state index contributed by atoms with van der Waals surface area (Å²) in [5.74, 6) is 0.604. The molecule has 110 valence electrons. The molecular formula is C15H15ClN2O3. The van der Waals surface area contributed by atoms with E-state index in [9.17, 15) is 10.1 Å². The second-order valence-corrected chi connectivity index (χ2v) is 4.99. The number of hydrogen-bond donors (Lipinski definition) is 1. The summed E-state index contributed by atoms with van der Waals surface area (Å²) in [7, 11) is 0. The van der Waals surface area contributed by atoms with E-state index in [0.717, 1.165) is 12.0 Å². The fraction of sp³-hybridized carbons (Fsp3) is 0.200. The Bertz CT molecular complexity index is 644. The zero-order valence-electron chi connectivity index (χ0n) is 11.5. The van der Waals surface area contributed by atoms with E-state index in [4.69, 9.17) is 22.1 Å². The number of benzene rings is 2. The molecule has 2 N–H and O–H groups in total. The number of nitro groups is 1. The van der Waals surface area contributed by atoms with Gasteiger partial charge >= 0.3 is 5.69 Å². The molecule has 0 amide bonds. The molecule has 0 unspecified atom stereocenters. The molecule has 2 rings (SSSR count). The van der Waals surface area contributed by atoms with Crippen molar-refractivity contribution in [2.75, 3.05) is 0 Å². The minimum absolute atomic E-state index is 0.0282. The highest BCUT2D eigenvalue weighted by molar-refractivity contribution is 6.30. The topological polar surface area (TPSA) is 78.4 Å². The van der Waals surface area contributed by atoms with Gasteiger partial charge in [0.25, 0.3) is 0 Å². The molecule has 5 nitrogen and oxygen atoms in total. The van der Waals surface area contributed by atoms with Gasteiger partial charge in [-0.3, -0.25) is 10.1 Å². The molecule has 0 bridgehead atoms. The number of ether oxygens (including phenoxy) is 1. The van der Waals surface area contributed by atoms with E-state index in [1.165, 1.54) is 18.2 Å². The number of nitrogens with two attached hydrogens (primary N) is 1. The van der Waals surface area contributed by atoms with Crippen LogP contribution in [0.25, 0.3) is 0 Å². The first-order valence-corrected chi connectivity index (χ1v) is 6.86. The fourth-order valence-corrected chi connectivity index (χ4v) is 2.03. The molecule has 0 aliphatic heterocycles. The second-order valence-electron chi connectivity index (χ2n) is 4.55. The lowest BCUT2D eigenvalue weighted by molar-refractivity contribution is -0.385. The number of hydrogen-bond acceptors (Lipinski definition) is 4. The van der Waals surface area contributed by atoms with Crippen LogP contribution in [-0.4, -0.2) is 4.92 Å². The van der Waals surface area contributed by atoms with E-state index in [2.05, 4.69) is 0 Å². The zero-order chi connectivity index (χ0) is 15.4. The molecular weight excluding hydrogens is 292 g/mol. The van der Waals surface area contributed by atoms with Crippen LogP contribution in [0.2, 0.25) is 5.02 Å². The predicted molar refractivity (Wildman–Crippen MR) is 81.8 cm³/mol. The minimum Gasteiger partial charge on any atom is -0.450 e. The summed E-state index contributed by atoms with van der Waals surface area (Å²) >= 11 is 5.85. The molecule has 0 aliphatic carbocycles. The molecule has 6 heteroatoms. The lowest BCUT2D eigenvalue weighted by Crippen LogP contribution is -2.08. The normalized spacial score (nSPS) is 12.0. The van der Waals surface area contributed by atoms with E-state index < -0.39 is 4.92 Å². The van der Waals surface area contributed by atoms with Crippen molar-refractivity contribution in [3.8, 4) is 11.5 Å². The van der Waals surface area contributed by atoms with Crippen LogP contribution in [0.4, 0.5) is 5.69 Å². The summed E-state index contributed by atoms with van der Waals surface area (Å²) in [5.41, 5.74) is 6.79. The highest BCUT2D eigenvalue weighted by Crippen LogP contribution is 2.34. The molecule has 0 aromatic heterocycles. The monoisotopic (exact) mass is 306 g/mol. The van der Waals surface area contributed by atoms with Crippen molar-refractivity contribution in [1.29, 1.82) is 0 Å². The van der Waals surface area contributed by atoms with E-state index in [1.807, 2.05) is 19.1 Å². The van der Waals surface area contributed by atoms with Gasteiger partial charge in [-0.1, -0.05) is 30.7 Å². The van der Waals surface area contributed by atoms with Crippen LogP contribution in [0.1, 0.15) is 24.9 Å². The van der Waals surface area contributed by atoms with Crippen molar-refractivity contribution < 1.29 is 9.66 Å². The van der Waals surface area contributed by atoms with Gasteiger partial charge in [0.2, 0.25) is 5.75 Å². The number of rotatable bonds is 5. The maximum Gasteiger partial charge on any atom is 0.311 e. The first-order chi connectivity index (χ1) is 10.0. The molecule has 2 aromatic rings. The average molecular weight is 307 g/mol. The van der Waals surface area contributed by atoms with Gasteiger partial charge in [-0.05, 0) is 30.2 Å². The summed E-state index contributed by atoms with van der Waals surface area (Å²) in [6.45, 7) is 2.00. The van der Waals surface area contributed by atoms with Gasteiger partial charge in [0.05, 0.1) is 4.92 Å². The Balaban J connectivity index is 2.26. The number of halogens is 1. The van der Waals surface area contributed by atoms with E-state index in [0.29, 0.717) is 10.8 Å². The van der Waals surface area contributed by atoms with Crippen molar-refractivity contribution in [2.24, 2.45) is 5.73 Å². The molecule has 21 heavy (non-hydrogen) atoms. The zero-order valence-corrected chi connectivity index (χ0v) is 12.2. The van der Waals surface area contributed by atoms with Crippen LogP contribution < -0.4 is 10.5 Å². The standard InChI is InChI=1S/C15H15ClN2O3/c1-2-13(17)10-3-6-12(7-4-10)21-15-9-11(16)5-8-14(15)18(19)20/h3-9,13H,2,17H2,1H3/t13-/m0/s1. The van der Waals surface area contributed by atoms with Gasteiger partial charge in [-0.25, -0.2) is 0 Å². The maximum absolute atomic E-state index is 11.0. The third kappa shape index (κ3) is 3.71. The minimum atomic E-state index is -0.507. The van der Waals surface area contributed by atoms with Crippen LogP contribution in [-0.2, 0) is 0 Å². The Morgan fingerprint density at radius 2 is 1.95 bits per heavy atom. The second kappa shape index (κ2) is 6.56. The molecule has 0 spiro atoms. The fourth-order valence-electron chi connectivity index (χ4n) is 1.87. The Hall–Kier alpha value is -2.11. The Labute approximate surface area is 127 Å². The third-order valence-corrected chi connectivity index (χ3v) is 3.33. The Kier molecular flexibility index (Phi) is 4.77. The molecule has 0 aliphatic rings. The summed E-state index contributed by atoms with van der Waals surface area (Å²) in [6, 6.07) is 11.3. The van der Waals surface area contributed by atoms with Crippen molar-refractivity contribution in [1.82, 2.24) is 0 Å². The van der Waals surface area contributed by atoms with Gasteiger partial charge in [0, 0.05) is 23.2 Å². The van der Waals surface area contributed by atoms with Crippen molar-refractivity contribution >= 4 is 17.3 Å². The van der Waals surface area contributed by atoms with Gasteiger partial charge in [-0.2, -0.15) is 0 Å². The summed E-state index contributed by atoms with van der Waals surface area (Å²) < 4.78 is 5.55. The average Bonchev–Trinajstić information content (AvgIpc) is 2.47. The Morgan fingerprint density at radius 1 is 1.29 bits per heavy atom. The summed E-state index contributed by atoms with van der Waals surface area (Å²) in [5, 5.41) is 11.3. The Morgan fingerprint density at radius 3 is 2.52 bits per heavy atom. The largest absolute Gasteiger partial charge is 0.450 e. The highest BCUT2D eigenvalue weighted by Gasteiger charge is 2.16.